The highest BCUT2D eigenvalue weighted by Gasteiger charge is 2.31. The van der Waals surface area contributed by atoms with Gasteiger partial charge in [-0.15, -0.1) is 0 Å². The van der Waals surface area contributed by atoms with Crippen molar-refractivity contribution in [2.45, 2.75) is 13.3 Å². The van der Waals surface area contributed by atoms with Gasteiger partial charge in [-0.05, 0) is 64.7 Å². The number of amides is 2. The standard InChI is InChI=1S/C24H25BrN2O5S2/c1-15-7-4-5-8-18(15)26-21(28)14-32-22-17(25)11-16(12-19(22)31-3)13-20-23(29)27(24(33)34-20)9-6-10-30-2/h4-5,7-8,11-13H,6,9-10,14H2,1-3H3,(H,26,28)/b20-13-. The number of carbonyl (C=O) groups excluding carboxylic acids is 2. The van der Waals surface area contributed by atoms with E-state index < -0.39 is 0 Å². The van der Waals surface area contributed by atoms with Crippen LogP contribution in [0.4, 0.5) is 5.69 Å². The molecule has 1 aliphatic rings. The number of halogens is 1. The summed E-state index contributed by atoms with van der Waals surface area (Å²) in [5.74, 6) is 0.408. The summed E-state index contributed by atoms with van der Waals surface area (Å²) in [5.41, 5.74) is 2.43. The Morgan fingerprint density at radius 3 is 2.74 bits per heavy atom. The predicted molar refractivity (Wildman–Crippen MR) is 142 cm³/mol. The van der Waals surface area contributed by atoms with Crippen LogP contribution in [0.2, 0.25) is 0 Å². The zero-order valence-corrected chi connectivity index (χ0v) is 22.3. The maximum atomic E-state index is 12.8. The number of para-hydroxylation sites is 1. The fourth-order valence-corrected chi connectivity index (χ4v) is 5.09. The molecule has 1 saturated heterocycles. The summed E-state index contributed by atoms with van der Waals surface area (Å²) in [6, 6.07) is 11.1. The van der Waals surface area contributed by atoms with E-state index in [2.05, 4.69) is 21.2 Å². The Morgan fingerprint density at radius 1 is 1.26 bits per heavy atom. The van der Waals surface area contributed by atoms with Crippen LogP contribution >= 0.6 is 39.9 Å². The van der Waals surface area contributed by atoms with Gasteiger partial charge in [0.2, 0.25) is 0 Å². The summed E-state index contributed by atoms with van der Waals surface area (Å²) >= 11 is 10.1. The molecule has 0 unspecified atom stereocenters. The van der Waals surface area contributed by atoms with Crippen LogP contribution in [0.15, 0.2) is 45.8 Å². The fraction of sp³-hybridized carbons (Fsp3) is 0.292. The first-order chi connectivity index (χ1) is 16.3. The lowest BCUT2D eigenvalue weighted by molar-refractivity contribution is -0.122. The number of aryl methyl sites for hydroxylation is 1. The highest BCUT2D eigenvalue weighted by molar-refractivity contribution is 9.10. The first-order valence-corrected chi connectivity index (χ1v) is 12.5. The number of methoxy groups -OCH3 is 2. The Hall–Kier alpha value is -2.40. The van der Waals surface area contributed by atoms with E-state index in [9.17, 15) is 9.59 Å². The monoisotopic (exact) mass is 564 g/mol. The highest BCUT2D eigenvalue weighted by Crippen LogP contribution is 2.39. The average molecular weight is 566 g/mol. The van der Waals surface area contributed by atoms with Crippen molar-refractivity contribution in [2.75, 3.05) is 39.3 Å². The molecule has 2 aromatic carbocycles. The molecular formula is C24H25BrN2O5S2. The molecule has 1 fully saturated rings. The van der Waals surface area contributed by atoms with Gasteiger partial charge >= 0.3 is 0 Å². The summed E-state index contributed by atoms with van der Waals surface area (Å²) in [6.07, 6.45) is 2.47. The molecule has 7 nitrogen and oxygen atoms in total. The number of benzene rings is 2. The molecule has 0 aromatic heterocycles. The van der Waals surface area contributed by atoms with Gasteiger partial charge in [0.15, 0.2) is 18.1 Å². The summed E-state index contributed by atoms with van der Waals surface area (Å²) in [4.78, 5) is 27.3. The molecule has 34 heavy (non-hydrogen) atoms. The molecule has 3 rings (SSSR count). The van der Waals surface area contributed by atoms with Crippen molar-refractivity contribution >= 4 is 67.8 Å². The molecule has 0 bridgehead atoms. The van der Waals surface area contributed by atoms with Gasteiger partial charge in [-0.2, -0.15) is 0 Å². The molecule has 2 amide bonds. The molecular weight excluding hydrogens is 540 g/mol. The van der Waals surface area contributed by atoms with Gasteiger partial charge in [0.05, 0.1) is 16.5 Å². The van der Waals surface area contributed by atoms with Gasteiger partial charge in [-0.3, -0.25) is 14.5 Å². The lowest BCUT2D eigenvalue weighted by Gasteiger charge is -2.14. The van der Waals surface area contributed by atoms with Crippen molar-refractivity contribution < 1.29 is 23.8 Å². The lowest BCUT2D eigenvalue weighted by atomic mass is 10.2. The number of rotatable bonds is 10. The average Bonchev–Trinajstić information content (AvgIpc) is 3.07. The number of hydrogen-bond donors (Lipinski definition) is 1. The number of hydrogen-bond acceptors (Lipinski definition) is 7. The minimum atomic E-state index is -0.288. The van der Waals surface area contributed by atoms with Gasteiger partial charge in [0.1, 0.15) is 4.32 Å². The molecule has 0 radical (unpaired) electrons. The van der Waals surface area contributed by atoms with E-state index in [1.807, 2.05) is 31.2 Å². The Balaban J connectivity index is 1.71. The molecule has 2 aromatic rings. The molecule has 1 N–H and O–H groups in total. The molecule has 0 spiro atoms. The molecule has 10 heteroatoms. The number of thiocarbonyl (C=S) groups is 1. The van der Waals surface area contributed by atoms with Gasteiger partial charge in [-0.1, -0.05) is 42.2 Å². The van der Waals surface area contributed by atoms with Gasteiger partial charge in [-0.25, -0.2) is 0 Å². The summed E-state index contributed by atoms with van der Waals surface area (Å²) in [7, 11) is 3.14. The van der Waals surface area contributed by atoms with Gasteiger partial charge in [0, 0.05) is 25.9 Å². The Labute approximate surface area is 216 Å². The summed E-state index contributed by atoms with van der Waals surface area (Å²) in [5, 5.41) is 2.83. The third kappa shape index (κ3) is 6.59. The highest BCUT2D eigenvalue weighted by atomic mass is 79.9. The van der Waals surface area contributed by atoms with E-state index in [4.69, 9.17) is 26.4 Å². The number of nitrogens with one attached hydrogen (secondary N) is 1. The second-order valence-electron chi connectivity index (χ2n) is 7.37. The first kappa shape index (κ1) is 26.2. The summed E-state index contributed by atoms with van der Waals surface area (Å²) in [6.45, 7) is 2.80. The predicted octanol–water partition coefficient (Wildman–Crippen LogP) is 5.02. The zero-order chi connectivity index (χ0) is 24.7. The van der Waals surface area contributed by atoms with Crippen molar-refractivity contribution in [3.63, 3.8) is 0 Å². The van der Waals surface area contributed by atoms with Crippen LogP contribution in [0.3, 0.4) is 0 Å². The summed E-state index contributed by atoms with van der Waals surface area (Å²) < 4.78 is 17.4. The quantitative estimate of drug-likeness (QED) is 0.246. The van der Waals surface area contributed by atoms with Crippen molar-refractivity contribution in [1.82, 2.24) is 4.90 Å². The third-order valence-corrected chi connectivity index (χ3v) is 6.89. The number of carbonyl (C=O) groups is 2. The van der Waals surface area contributed by atoms with Crippen LogP contribution in [-0.4, -0.2) is 55.0 Å². The van der Waals surface area contributed by atoms with Crippen LogP contribution in [-0.2, 0) is 14.3 Å². The normalized spacial score (nSPS) is 14.6. The largest absolute Gasteiger partial charge is 0.493 e. The maximum absolute atomic E-state index is 12.8. The van der Waals surface area contributed by atoms with Crippen LogP contribution < -0.4 is 14.8 Å². The van der Waals surface area contributed by atoms with E-state index in [1.54, 1.807) is 30.2 Å². The van der Waals surface area contributed by atoms with Crippen LogP contribution in [0, 0.1) is 6.92 Å². The van der Waals surface area contributed by atoms with E-state index in [0.29, 0.717) is 44.8 Å². The maximum Gasteiger partial charge on any atom is 0.266 e. The van der Waals surface area contributed by atoms with Gasteiger partial charge < -0.3 is 19.5 Å². The number of nitrogens with zero attached hydrogens (tertiary/aromatic N) is 1. The first-order valence-electron chi connectivity index (χ1n) is 10.4. The smallest absolute Gasteiger partial charge is 0.266 e. The van der Waals surface area contributed by atoms with Crippen LogP contribution in [0.1, 0.15) is 17.5 Å². The van der Waals surface area contributed by atoms with Crippen molar-refractivity contribution in [1.29, 1.82) is 0 Å². The molecule has 1 heterocycles. The van der Waals surface area contributed by atoms with Gasteiger partial charge in [0.25, 0.3) is 11.8 Å². The molecule has 0 saturated carbocycles. The van der Waals surface area contributed by atoms with E-state index in [-0.39, 0.29) is 18.4 Å². The minimum absolute atomic E-state index is 0.130. The molecule has 1 aliphatic heterocycles. The third-order valence-electron chi connectivity index (χ3n) is 4.92. The number of ether oxygens (including phenoxy) is 3. The SMILES string of the molecule is COCCCN1C(=O)/C(=C/c2cc(Br)c(OCC(=O)Nc3ccccc3C)c(OC)c2)SC1=S. The fourth-order valence-electron chi connectivity index (χ4n) is 3.21. The van der Waals surface area contributed by atoms with E-state index >= 15 is 0 Å². The van der Waals surface area contributed by atoms with E-state index in [0.717, 1.165) is 16.8 Å². The zero-order valence-electron chi connectivity index (χ0n) is 19.1. The Bertz CT molecular complexity index is 1120. The number of thioether (sulfide) groups is 1. The Kier molecular flexibility index (Phi) is 9.52. The lowest BCUT2D eigenvalue weighted by Crippen LogP contribution is -2.29. The topological polar surface area (TPSA) is 77.1 Å². The Morgan fingerprint density at radius 2 is 2.03 bits per heavy atom. The van der Waals surface area contributed by atoms with E-state index in [1.165, 1.54) is 18.9 Å². The van der Waals surface area contributed by atoms with Crippen LogP contribution in [0.25, 0.3) is 6.08 Å². The van der Waals surface area contributed by atoms with Crippen molar-refractivity contribution in [3.8, 4) is 11.5 Å². The van der Waals surface area contributed by atoms with Crippen LogP contribution in [0.5, 0.6) is 11.5 Å². The second kappa shape index (κ2) is 12.3. The van der Waals surface area contributed by atoms with Crippen molar-refractivity contribution in [3.05, 3.63) is 56.9 Å². The molecule has 180 valence electrons. The number of anilines is 1. The second-order valence-corrected chi connectivity index (χ2v) is 9.90. The molecule has 0 aliphatic carbocycles. The molecule has 0 atom stereocenters. The van der Waals surface area contributed by atoms with Crippen molar-refractivity contribution in [2.24, 2.45) is 0 Å². The minimum Gasteiger partial charge on any atom is -0.493 e.